The number of rotatable bonds is 4. The fourth-order valence-electron chi connectivity index (χ4n) is 1.64. The quantitative estimate of drug-likeness (QED) is 0.739. The van der Waals surface area contributed by atoms with Crippen LogP contribution in [0.2, 0.25) is 0 Å². The van der Waals surface area contributed by atoms with Crippen LogP contribution in [0.25, 0.3) is 0 Å². The van der Waals surface area contributed by atoms with E-state index in [9.17, 15) is 0 Å². The van der Waals surface area contributed by atoms with Gasteiger partial charge in [-0.15, -0.1) is 0 Å². The number of benzene rings is 1. The van der Waals surface area contributed by atoms with Gasteiger partial charge in [-0.2, -0.15) is 0 Å². The summed E-state index contributed by atoms with van der Waals surface area (Å²) < 4.78 is 0. The highest BCUT2D eigenvalue weighted by Gasteiger charge is 2.04. The molecule has 0 saturated carbocycles. The highest BCUT2D eigenvalue weighted by Crippen LogP contribution is 2.16. The second-order valence-corrected chi connectivity index (χ2v) is 4.11. The Morgan fingerprint density at radius 3 is 2.27 bits per heavy atom. The van der Waals surface area contributed by atoms with Gasteiger partial charge in [0, 0.05) is 0 Å². The first-order valence-electron chi connectivity index (χ1n) is 5.58. The molecule has 0 aliphatic carbocycles. The van der Waals surface area contributed by atoms with Crippen molar-refractivity contribution < 1.29 is 0 Å². The summed E-state index contributed by atoms with van der Waals surface area (Å²) in [5.41, 5.74) is 4.07. The Kier molecular flexibility index (Phi) is 4.57. The molecule has 1 nitrogen and oxygen atoms in total. The molecule has 0 spiro atoms. The first kappa shape index (κ1) is 12.0. The molecule has 0 radical (unpaired) electrons. The SMILES string of the molecule is CCc1ccc(C(C=C(C)C)NC)cc1. The Morgan fingerprint density at radius 1 is 1.27 bits per heavy atom. The van der Waals surface area contributed by atoms with Crippen molar-refractivity contribution in [2.75, 3.05) is 7.05 Å². The average Bonchev–Trinajstić information content (AvgIpc) is 2.26. The molecule has 0 aliphatic rings. The fourth-order valence-corrected chi connectivity index (χ4v) is 1.64. The predicted molar refractivity (Wildman–Crippen MR) is 67.1 cm³/mol. The van der Waals surface area contributed by atoms with Gasteiger partial charge in [-0.3, -0.25) is 0 Å². The number of nitrogens with one attached hydrogen (secondary N) is 1. The van der Waals surface area contributed by atoms with Crippen LogP contribution in [0.4, 0.5) is 0 Å². The van der Waals surface area contributed by atoms with E-state index in [1.165, 1.54) is 16.7 Å². The van der Waals surface area contributed by atoms with Crippen LogP contribution < -0.4 is 5.32 Å². The van der Waals surface area contributed by atoms with Gasteiger partial charge < -0.3 is 5.32 Å². The minimum Gasteiger partial charge on any atom is -0.310 e. The van der Waals surface area contributed by atoms with Crippen molar-refractivity contribution in [2.24, 2.45) is 0 Å². The molecule has 1 N–H and O–H groups in total. The maximum atomic E-state index is 3.31. The molecule has 0 fully saturated rings. The summed E-state index contributed by atoms with van der Waals surface area (Å²) in [5, 5.41) is 3.31. The van der Waals surface area contributed by atoms with E-state index < -0.39 is 0 Å². The van der Waals surface area contributed by atoms with Crippen molar-refractivity contribution in [1.82, 2.24) is 5.32 Å². The van der Waals surface area contributed by atoms with Crippen molar-refractivity contribution in [3.05, 3.63) is 47.0 Å². The topological polar surface area (TPSA) is 12.0 Å². The fraction of sp³-hybridized carbons (Fsp3) is 0.429. The molecule has 1 aromatic rings. The van der Waals surface area contributed by atoms with E-state index in [-0.39, 0.29) is 0 Å². The molecule has 1 unspecified atom stereocenters. The maximum absolute atomic E-state index is 3.31. The van der Waals surface area contributed by atoms with Gasteiger partial charge >= 0.3 is 0 Å². The Morgan fingerprint density at radius 2 is 1.87 bits per heavy atom. The molecule has 1 heteroatoms. The molecule has 0 aliphatic heterocycles. The normalized spacial score (nSPS) is 12.3. The number of hydrogen-bond donors (Lipinski definition) is 1. The summed E-state index contributed by atoms with van der Waals surface area (Å²) in [6.45, 7) is 6.44. The zero-order valence-electron chi connectivity index (χ0n) is 10.2. The summed E-state index contributed by atoms with van der Waals surface area (Å²) in [5.74, 6) is 0. The van der Waals surface area contributed by atoms with Crippen molar-refractivity contribution in [3.8, 4) is 0 Å². The molecule has 0 bridgehead atoms. The molecule has 0 aromatic heterocycles. The summed E-state index contributed by atoms with van der Waals surface area (Å²) in [6.07, 6.45) is 3.36. The summed E-state index contributed by atoms with van der Waals surface area (Å²) in [4.78, 5) is 0. The second kappa shape index (κ2) is 5.72. The van der Waals surface area contributed by atoms with Gasteiger partial charge in [0.15, 0.2) is 0 Å². The van der Waals surface area contributed by atoms with Crippen LogP contribution in [0.15, 0.2) is 35.9 Å². The number of hydrogen-bond acceptors (Lipinski definition) is 1. The summed E-state index contributed by atoms with van der Waals surface area (Å²) in [7, 11) is 2.00. The number of allylic oxidation sites excluding steroid dienone is 1. The van der Waals surface area contributed by atoms with Crippen molar-refractivity contribution in [1.29, 1.82) is 0 Å². The van der Waals surface area contributed by atoms with Crippen molar-refractivity contribution in [2.45, 2.75) is 33.2 Å². The second-order valence-electron chi connectivity index (χ2n) is 4.11. The Bertz CT molecular complexity index is 318. The van der Waals surface area contributed by atoms with Crippen LogP contribution in [-0.2, 0) is 6.42 Å². The van der Waals surface area contributed by atoms with E-state index in [2.05, 4.69) is 56.4 Å². The third-order valence-corrected chi connectivity index (χ3v) is 2.56. The third-order valence-electron chi connectivity index (χ3n) is 2.56. The van der Waals surface area contributed by atoms with Crippen LogP contribution in [0.5, 0.6) is 0 Å². The largest absolute Gasteiger partial charge is 0.310 e. The van der Waals surface area contributed by atoms with E-state index >= 15 is 0 Å². The van der Waals surface area contributed by atoms with E-state index in [1.807, 2.05) is 7.05 Å². The predicted octanol–water partition coefficient (Wildman–Crippen LogP) is 3.48. The lowest BCUT2D eigenvalue weighted by atomic mass is 10.0. The molecular weight excluding hydrogens is 182 g/mol. The van der Waals surface area contributed by atoms with Crippen molar-refractivity contribution >= 4 is 0 Å². The van der Waals surface area contributed by atoms with Gasteiger partial charge in [-0.1, -0.05) is 42.8 Å². The lowest BCUT2D eigenvalue weighted by molar-refractivity contribution is 0.709. The maximum Gasteiger partial charge on any atom is 0.0506 e. The van der Waals surface area contributed by atoms with E-state index in [1.54, 1.807) is 0 Å². The molecule has 15 heavy (non-hydrogen) atoms. The molecule has 82 valence electrons. The molecule has 1 aromatic carbocycles. The standard InChI is InChI=1S/C14H21N/c1-5-12-6-8-13(9-7-12)14(15-4)10-11(2)3/h6-10,14-15H,5H2,1-4H3. The zero-order valence-corrected chi connectivity index (χ0v) is 10.2. The Balaban J connectivity index is 2.88. The van der Waals surface area contributed by atoms with Gasteiger partial charge in [0.1, 0.15) is 0 Å². The highest BCUT2D eigenvalue weighted by molar-refractivity contribution is 5.28. The minimum atomic E-state index is 0.334. The minimum absolute atomic E-state index is 0.334. The molecule has 1 rings (SSSR count). The zero-order chi connectivity index (χ0) is 11.3. The first-order valence-corrected chi connectivity index (χ1v) is 5.58. The van der Waals surface area contributed by atoms with Crippen LogP contribution >= 0.6 is 0 Å². The third kappa shape index (κ3) is 3.52. The van der Waals surface area contributed by atoms with Crippen LogP contribution in [-0.4, -0.2) is 7.05 Å². The molecule has 1 atom stereocenters. The van der Waals surface area contributed by atoms with Gasteiger partial charge in [0.05, 0.1) is 6.04 Å². The Labute approximate surface area is 93.2 Å². The molecule has 0 amide bonds. The van der Waals surface area contributed by atoms with Gasteiger partial charge in [0.25, 0.3) is 0 Å². The monoisotopic (exact) mass is 203 g/mol. The summed E-state index contributed by atoms with van der Waals surface area (Å²) >= 11 is 0. The lowest BCUT2D eigenvalue weighted by Crippen LogP contribution is -2.14. The molecular formula is C14H21N. The van der Waals surface area contributed by atoms with E-state index in [4.69, 9.17) is 0 Å². The Hall–Kier alpha value is -1.08. The van der Waals surface area contributed by atoms with Gasteiger partial charge in [-0.25, -0.2) is 0 Å². The van der Waals surface area contributed by atoms with Crippen LogP contribution in [0.1, 0.15) is 37.9 Å². The van der Waals surface area contributed by atoms with Crippen molar-refractivity contribution in [3.63, 3.8) is 0 Å². The molecule has 0 heterocycles. The highest BCUT2D eigenvalue weighted by atomic mass is 14.9. The first-order chi connectivity index (χ1) is 7.17. The van der Waals surface area contributed by atoms with E-state index in [0.29, 0.717) is 6.04 Å². The van der Waals surface area contributed by atoms with E-state index in [0.717, 1.165) is 6.42 Å². The van der Waals surface area contributed by atoms with Gasteiger partial charge in [-0.05, 0) is 38.4 Å². The number of likely N-dealkylation sites (N-methyl/N-ethyl adjacent to an activating group) is 1. The smallest absolute Gasteiger partial charge is 0.0506 e. The number of aryl methyl sites for hydroxylation is 1. The lowest BCUT2D eigenvalue weighted by Gasteiger charge is -2.13. The summed E-state index contributed by atoms with van der Waals surface area (Å²) in [6, 6.07) is 9.16. The average molecular weight is 203 g/mol. The molecule has 0 saturated heterocycles. The van der Waals surface area contributed by atoms with Crippen LogP contribution in [0.3, 0.4) is 0 Å². The van der Waals surface area contributed by atoms with Crippen LogP contribution in [0, 0.1) is 0 Å². The van der Waals surface area contributed by atoms with Gasteiger partial charge in [0.2, 0.25) is 0 Å².